The SMILES string of the molecule is CN1CCN(c2ccc(Nc3ncc4c(n3)SC(=Cc3ccc(O)cc3)C(=O)N4)cc2)CC1. The summed E-state index contributed by atoms with van der Waals surface area (Å²) >= 11 is 1.30. The van der Waals surface area contributed by atoms with Crippen molar-refractivity contribution in [1.29, 1.82) is 0 Å². The number of nitrogens with one attached hydrogen (secondary N) is 2. The van der Waals surface area contributed by atoms with Gasteiger partial charge in [-0.05, 0) is 55.1 Å². The van der Waals surface area contributed by atoms with Crippen molar-refractivity contribution in [2.45, 2.75) is 5.03 Å². The molecule has 1 aromatic heterocycles. The van der Waals surface area contributed by atoms with E-state index < -0.39 is 0 Å². The van der Waals surface area contributed by atoms with E-state index in [4.69, 9.17) is 0 Å². The van der Waals surface area contributed by atoms with Crippen LogP contribution in [0.3, 0.4) is 0 Å². The minimum Gasteiger partial charge on any atom is -0.508 e. The molecule has 1 amide bonds. The molecule has 2 aliphatic heterocycles. The lowest BCUT2D eigenvalue weighted by molar-refractivity contribution is -0.112. The number of piperazine rings is 1. The molecular weight excluding hydrogens is 436 g/mol. The van der Waals surface area contributed by atoms with Gasteiger partial charge in [-0.3, -0.25) is 4.79 Å². The first-order valence-corrected chi connectivity index (χ1v) is 11.5. The summed E-state index contributed by atoms with van der Waals surface area (Å²) in [6.45, 7) is 4.20. The second-order valence-electron chi connectivity index (χ2n) is 8.03. The fourth-order valence-corrected chi connectivity index (χ4v) is 4.58. The standard InChI is InChI=1S/C24H24N6O2S/c1-29-10-12-30(13-11-29)18-6-4-17(5-7-18)26-24-25-15-20-23(28-24)33-21(22(32)27-20)14-16-2-8-19(31)9-3-16/h2-9,14-15,31H,10-13H2,1H3,(H,27,32)(H,25,26,28). The van der Waals surface area contributed by atoms with E-state index in [-0.39, 0.29) is 11.7 Å². The fraction of sp³-hybridized carbons (Fsp3) is 0.208. The Morgan fingerprint density at radius 3 is 2.52 bits per heavy atom. The van der Waals surface area contributed by atoms with Gasteiger partial charge in [0.1, 0.15) is 10.8 Å². The summed E-state index contributed by atoms with van der Waals surface area (Å²) in [6, 6.07) is 15.0. The van der Waals surface area contributed by atoms with E-state index in [2.05, 4.69) is 49.6 Å². The Morgan fingerprint density at radius 1 is 1.06 bits per heavy atom. The molecule has 8 nitrogen and oxygen atoms in total. The van der Waals surface area contributed by atoms with Crippen molar-refractivity contribution in [3.05, 3.63) is 65.2 Å². The van der Waals surface area contributed by atoms with Crippen molar-refractivity contribution < 1.29 is 9.90 Å². The van der Waals surface area contributed by atoms with Crippen LogP contribution >= 0.6 is 11.8 Å². The van der Waals surface area contributed by atoms with Crippen LogP contribution in [-0.2, 0) is 4.79 Å². The van der Waals surface area contributed by atoms with Gasteiger partial charge in [-0.2, -0.15) is 0 Å². The Hall–Kier alpha value is -3.56. The number of fused-ring (bicyclic) bond motifs is 1. The summed E-state index contributed by atoms with van der Waals surface area (Å²) in [5, 5.41) is 16.2. The Balaban J connectivity index is 1.30. The number of hydrogen-bond acceptors (Lipinski definition) is 8. The predicted molar refractivity (Wildman–Crippen MR) is 132 cm³/mol. The molecule has 33 heavy (non-hydrogen) atoms. The van der Waals surface area contributed by atoms with Crippen molar-refractivity contribution in [2.24, 2.45) is 0 Å². The first-order chi connectivity index (χ1) is 16.0. The van der Waals surface area contributed by atoms with E-state index in [1.165, 1.54) is 17.4 Å². The van der Waals surface area contributed by atoms with Crippen molar-refractivity contribution in [1.82, 2.24) is 14.9 Å². The highest BCUT2D eigenvalue weighted by molar-refractivity contribution is 8.04. The Labute approximate surface area is 196 Å². The molecule has 168 valence electrons. The van der Waals surface area contributed by atoms with Crippen molar-refractivity contribution in [2.75, 3.05) is 48.8 Å². The van der Waals surface area contributed by atoms with E-state index in [9.17, 15) is 9.90 Å². The normalized spacial score (nSPS) is 17.5. The zero-order chi connectivity index (χ0) is 22.8. The number of rotatable bonds is 4. The van der Waals surface area contributed by atoms with E-state index in [0.29, 0.717) is 21.6 Å². The third kappa shape index (κ3) is 4.94. The van der Waals surface area contributed by atoms with Crippen LogP contribution in [0.2, 0.25) is 0 Å². The van der Waals surface area contributed by atoms with Gasteiger partial charge in [0.2, 0.25) is 5.95 Å². The molecule has 0 atom stereocenters. The molecule has 1 fully saturated rings. The maximum atomic E-state index is 12.5. The zero-order valence-electron chi connectivity index (χ0n) is 18.2. The predicted octanol–water partition coefficient (Wildman–Crippen LogP) is 3.76. The summed E-state index contributed by atoms with van der Waals surface area (Å²) in [7, 11) is 2.15. The largest absolute Gasteiger partial charge is 0.508 e. The molecule has 2 aromatic carbocycles. The molecule has 9 heteroatoms. The molecule has 3 heterocycles. The number of likely N-dealkylation sites (N-methyl/N-ethyl adjacent to an activating group) is 1. The van der Waals surface area contributed by atoms with Crippen LogP contribution in [-0.4, -0.2) is 59.1 Å². The highest BCUT2D eigenvalue weighted by atomic mass is 32.2. The van der Waals surface area contributed by atoms with E-state index in [0.717, 1.165) is 37.4 Å². The van der Waals surface area contributed by atoms with Crippen molar-refractivity contribution in [3.8, 4) is 5.75 Å². The Morgan fingerprint density at radius 2 is 1.79 bits per heavy atom. The lowest BCUT2D eigenvalue weighted by atomic mass is 10.2. The Kier molecular flexibility index (Phi) is 5.89. The number of nitrogens with zero attached hydrogens (tertiary/aromatic N) is 4. The van der Waals surface area contributed by atoms with E-state index in [1.54, 1.807) is 36.5 Å². The number of carbonyl (C=O) groups is 1. The molecule has 0 bridgehead atoms. The van der Waals surface area contributed by atoms with Gasteiger partial charge in [0.05, 0.1) is 16.8 Å². The minimum atomic E-state index is -0.204. The topological polar surface area (TPSA) is 93.6 Å². The number of aromatic nitrogens is 2. The summed E-state index contributed by atoms with van der Waals surface area (Å²) in [5.74, 6) is 0.446. The number of phenols is 1. The van der Waals surface area contributed by atoms with Gasteiger partial charge in [-0.1, -0.05) is 23.9 Å². The van der Waals surface area contributed by atoms with Crippen LogP contribution in [0.25, 0.3) is 6.08 Å². The van der Waals surface area contributed by atoms with Gasteiger partial charge in [0.15, 0.2) is 0 Å². The summed E-state index contributed by atoms with van der Waals surface area (Å²) in [6.07, 6.45) is 3.39. The molecule has 3 N–H and O–H groups in total. The van der Waals surface area contributed by atoms with E-state index in [1.807, 2.05) is 12.1 Å². The number of hydrogen-bond donors (Lipinski definition) is 3. The highest BCUT2D eigenvalue weighted by Gasteiger charge is 2.23. The number of aromatic hydroxyl groups is 1. The number of benzene rings is 2. The lowest BCUT2D eigenvalue weighted by Crippen LogP contribution is -2.44. The number of anilines is 4. The van der Waals surface area contributed by atoms with Gasteiger partial charge >= 0.3 is 0 Å². The zero-order valence-corrected chi connectivity index (χ0v) is 19.0. The quantitative estimate of drug-likeness (QED) is 0.400. The first kappa shape index (κ1) is 21.3. The molecule has 0 spiro atoms. The third-order valence-electron chi connectivity index (χ3n) is 5.62. The second-order valence-corrected chi connectivity index (χ2v) is 9.06. The monoisotopic (exact) mass is 460 g/mol. The van der Waals surface area contributed by atoms with Gasteiger partial charge < -0.3 is 25.5 Å². The second kappa shape index (κ2) is 9.13. The maximum Gasteiger partial charge on any atom is 0.262 e. The number of thioether (sulfide) groups is 1. The number of amides is 1. The van der Waals surface area contributed by atoms with Crippen molar-refractivity contribution in [3.63, 3.8) is 0 Å². The fourth-order valence-electron chi connectivity index (χ4n) is 3.69. The van der Waals surface area contributed by atoms with Crippen LogP contribution in [0.5, 0.6) is 5.75 Å². The molecule has 5 rings (SSSR count). The van der Waals surface area contributed by atoms with Crippen LogP contribution in [0.1, 0.15) is 5.56 Å². The van der Waals surface area contributed by atoms with Crippen LogP contribution in [0, 0.1) is 0 Å². The summed E-state index contributed by atoms with van der Waals surface area (Å²) < 4.78 is 0. The van der Waals surface area contributed by atoms with Crippen LogP contribution < -0.4 is 15.5 Å². The third-order valence-corrected chi connectivity index (χ3v) is 6.64. The summed E-state index contributed by atoms with van der Waals surface area (Å²) in [4.78, 5) is 26.7. The van der Waals surface area contributed by atoms with Gasteiger partial charge in [-0.25, -0.2) is 9.97 Å². The average molecular weight is 461 g/mol. The first-order valence-electron chi connectivity index (χ1n) is 10.7. The van der Waals surface area contributed by atoms with E-state index >= 15 is 0 Å². The molecular formula is C24H24N6O2S. The van der Waals surface area contributed by atoms with Crippen LogP contribution in [0.15, 0.2) is 64.7 Å². The Bertz CT molecular complexity index is 1190. The molecule has 0 unspecified atom stereocenters. The smallest absolute Gasteiger partial charge is 0.262 e. The van der Waals surface area contributed by atoms with Crippen LogP contribution in [0.4, 0.5) is 23.0 Å². The summed E-state index contributed by atoms with van der Waals surface area (Å²) in [5.41, 5.74) is 3.52. The number of carbonyl (C=O) groups excluding carboxylic acids is 1. The minimum absolute atomic E-state index is 0.184. The maximum absolute atomic E-state index is 12.5. The highest BCUT2D eigenvalue weighted by Crippen LogP contribution is 2.38. The van der Waals surface area contributed by atoms with Gasteiger partial charge in [0, 0.05) is 37.6 Å². The molecule has 3 aromatic rings. The molecule has 0 aliphatic carbocycles. The van der Waals surface area contributed by atoms with Crippen molar-refractivity contribution >= 4 is 46.8 Å². The number of phenolic OH excluding ortho intramolecular Hbond substituents is 1. The molecule has 0 saturated carbocycles. The average Bonchev–Trinajstić information content (AvgIpc) is 2.82. The van der Waals surface area contributed by atoms with Gasteiger partial charge in [0.25, 0.3) is 5.91 Å². The molecule has 1 saturated heterocycles. The van der Waals surface area contributed by atoms with Gasteiger partial charge in [-0.15, -0.1) is 0 Å². The lowest BCUT2D eigenvalue weighted by Gasteiger charge is -2.34. The molecule has 2 aliphatic rings. The molecule has 0 radical (unpaired) electrons.